The molecule has 340 valence electrons. The number of imide groups is 1. The number of likely N-dealkylation sites (tertiary alicyclic amines) is 1. The summed E-state index contributed by atoms with van der Waals surface area (Å²) in [5.41, 5.74) is 3.14. The van der Waals surface area contributed by atoms with Crippen molar-refractivity contribution in [3.05, 3.63) is 133 Å². The zero-order valence-electron chi connectivity index (χ0n) is 36.5. The van der Waals surface area contributed by atoms with E-state index in [1.54, 1.807) is 31.3 Å². The van der Waals surface area contributed by atoms with Crippen LogP contribution < -0.4 is 27.0 Å². The second-order valence-electron chi connectivity index (χ2n) is 18.5. The highest BCUT2D eigenvalue weighted by Gasteiger charge is 2.72. The first-order chi connectivity index (χ1) is 31.9. The molecule has 4 atom stereocenters. The molecule has 66 heavy (non-hydrogen) atoms. The van der Waals surface area contributed by atoms with Crippen LogP contribution in [0.5, 0.6) is 0 Å². The Kier molecular flexibility index (Phi) is 11.7. The van der Waals surface area contributed by atoms with Crippen molar-refractivity contribution < 1.29 is 23.6 Å². The number of hydrogen-bond acceptors (Lipinski definition) is 7. The minimum Gasteiger partial charge on any atom is -0.351 e. The predicted molar refractivity (Wildman–Crippen MR) is 250 cm³/mol. The number of rotatable bonds is 7. The summed E-state index contributed by atoms with van der Waals surface area (Å²) in [6.07, 6.45) is 6.23. The number of aryl methyl sites for hydroxylation is 1. The summed E-state index contributed by atoms with van der Waals surface area (Å²) in [6, 6.07) is 22.2. The standard InChI is InChI=1S/C51H50Cl2FN7O5/c1-59-45-33(7-5-10-39(45)61(49(59)66)40-19-20-41(62)57-46(40)63)16-15-30-21-25-60(26-22-30)29-32-13-11-31(12-14-32)28-55-47(64)44-42(35-8-6-9-37(53)43(35)54)51(50(58-44)23-3-2-4-24-50)36-18-17-34(52)27-38(36)56-48(51)65/h5-14,17-18,27,30,40,42,44,58H,2-4,19-26,28-29H2,1H3,(H,55,64)(H,56,65)(H,57,62,63)/t40?,42-,44+,51+/m0/s1. The van der Waals surface area contributed by atoms with Crippen LogP contribution in [0.25, 0.3) is 11.0 Å². The fourth-order valence-corrected chi connectivity index (χ4v) is 12.1. The first-order valence-electron chi connectivity index (χ1n) is 22.8. The maximum absolute atomic E-state index is 16.3. The molecule has 5 aliphatic rings. The number of fused-ring (bicyclic) bond motifs is 4. The van der Waals surface area contributed by atoms with Crippen molar-refractivity contribution in [2.45, 2.75) is 99.8 Å². The fraction of sp³-hybridized carbons (Fsp3) is 0.392. The Morgan fingerprint density at radius 1 is 0.894 bits per heavy atom. The van der Waals surface area contributed by atoms with Gasteiger partial charge in [-0.25, -0.2) is 9.18 Å². The Balaban J connectivity index is 0.806. The largest absolute Gasteiger partial charge is 0.351 e. The lowest BCUT2D eigenvalue weighted by Gasteiger charge is -2.47. The van der Waals surface area contributed by atoms with Gasteiger partial charge in [0.2, 0.25) is 23.6 Å². The second-order valence-corrected chi connectivity index (χ2v) is 19.4. The van der Waals surface area contributed by atoms with Crippen LogP contribution in [-0.2, 0) is 44.7 Å². The Hall–Kier alpha value is -5.78. The summed E-state index contributed by atoms with van der Waals surface area (Å²) in [7, 11) is 1.68. The summed E-state index contributed by atoms with van der Waals surface area (Å²) in [6.45, 7) is 2.74. The van der Waals surface area contributed by atoms with E-state index in [0.717, 1.165) is 68.4 Å². The smallest absolute Gasteiger partial charge is 0.329 e. The second kappa shape index (κ2) is 17.5. The third-order valence-corrected chi connectivity index (χ3v) is 15.4. The molecule has 5 heterocycles. The molecule has 1 aliphatic carbocycles. The Bertz CT molecular complexity index is 2920. The molecule has 10 rings (SSSR count). The third-order valence-electron chi connectivity index (χ3n) is 14.8. The molecular weight excluding hydrogens is 881 g/mol. The number of para-hydroxylation sites is 1. The zero-order valence-corrected chi connectivity index (χ0v) is 38.0. The van der Waals surface area contributed by atoms with E-state index in [9.17, 15) is 24.0 Å². The molecular formula is C51H50Cl2FN7O5. The zero-order chi connectivity index (χ0) is 45.9. The summed E-state index contributed by atoms with van der Waals surface area (Å²) < 4.78 is 19.3. The lowest BCUT2D eigenvalue weighted by atomic mass is 9.55. The number of aromatic nitrogens is 2. The fourth-order valence-electron chi connectivity index (χ4n) is 11.7. The number of anilines is 1. The van der Waals surface area contributed by atoms with Crippen LogP contribution in [0.3, 0.4) is 0 Å². The van der Waals surface area contributed by atoms with Crippen LogP contribution in [0, 0.1) is 23.6 Å². The van der Waals surface area contributed by atoms with E-state index in [4.69, 9.17) is 23.2 Å². The van der Waals surface area contributed by atoms with Crippen molar-refractivity contribution in [3.63, 3.8) is 0 Å². The highest BCUT2D eigenvalue weighted by Crippen LogP contribution is 2.62. The van der Waals surface area contributed by atoms with Crippen molar-refractivity contribution in [1.29, 1.82) is 0 Å². The number of piperidine rings is 2. The first-order valence-corrected chi connectivity index (χ1v) is 23.6. The van der Waals surface area contributed by atoms with Gasteiger partial charge in [-0.3, -0.25) is 43.8 Å². The van der Waals surface area contributed by atoms with Gasteiger partial charge >= 0.3 is 5.69 Å². The molecule has 5 aromatic rings. The molecule has 4 amide bonds. The van der Waals surface area contributed by atoms with Crippen molar-refractivity contribution >= 4 is 63.6 Å². The molecule has 0 bridgehead atoms. The number of halogens is 3. The van der Waals surface area contributed by atoms with Gasteiger partial charge in [-0.05, 0) is 97.8 Å². The van der Waals surface area contributed by atoms with Crippen molar-refractivity contribution in [2.24, 2.45) is 13.0 Å². The SMILES string of the molecule is Cn1c(=O)n(C2CCC(=O)NC2=O)c2cccc(C#CC3CCN(Cc4ccc(CNC(=O)[C@@H]5NC6(CCCCC6)[C@@]6(C(=O)Nc7cc(Cl)ccc76)[C@H]5c5cccc(Cl)c5F)cc4)CC3)c21. The lowest BCUT2D eigenvalue weighted by molar-refractivity contribution is -0.135. The molecule has 1 saturated carbocycles. The predicted octanol–water partition coefficient (Wildman–Crippen LogP) is 6.99. The number of nitrogens with zero attached hydrogens (tertiary/aromatic N) is 3. The lowest BCUT2D eigenvalue weighted by Crippen LogP contribution is -2.60. The van der Waals surface area contributed by atoms with Gasteiger partial charge in [-0.15, -0.1) is 0 Å². The van der Waals surface area contributed by atoms with Crippen molar-refractivity contribution in [2.75, 3.05) is 18.4 Å². The Morgan fingerprint density at radius 2 is 1.64 bits per heavy atom. The van der Waals surface area contributed by atoms with Gasteiger partial charge in [0.25, 0.3) is 0 Å². The van der Waals surface area contributed by atoms with Crippen LogP contribution in [0.15, 0.2) is 83.7 Å². The highest BCUT2D eigenvalue weighted by molar-refractivity contribution is 6.31. The van der Waals surface area contributed by atoms with E-state index in [0.29, 0.717) is 40.1 Å². The number of hydrogen-bond donors (Lipinski definition) is 4. The monoisotopic (exact) mass is 929 g/mol. The number of imidazole rings is 1. The molecule has 0 radical (unpaired) electrons. The minimum absolute atomic E-state index is 0.0687. The van der Waals surface area contributed by atoms with Crippen molar-refractivity contribution in [3.8, 4) is 11.8 Å². The summed E-state index contributed by atoms with van der Waals surface area (Å²) >= 11 is 12.8. The van der Waals surface area contributed by atoms with Crippen LogP contribution in [-0.4, -0.2) is 62.3 Å². The molecule has 2 spiro atoms. The van der Waals surface area contributed by atoms with Crippen LogP contribution in [0.1, 0.15) is 97.6 Å². The maximum atomic E-state index is 16.3. The normalized spacial score (nSPS) is 24.0. The van der Waals surface area contributed by atoms with E-state index >= 15 is 4.39 Å². The van der Waals surface area contributed by atoms with Gasteiger partial charge < -0.3 is 10.6 Å². The summed E-state index contributed by atoms with van der Waals surface area (Å²) in [5.74, 6) is 4.05. The number of carbonyl (C=O) groups excluding carboxylic acids is 4. The van der Waals surface area contributed by atoms with Crippen LogP contribution in [0.2, 0.25) is 10.0 Å². The molecule has 4 N–H and O–H groups in total. The summed E-state index contributed by atoms with van der Waals surface area (Å²) in [5, 5.41) is 12.7. The average molecular weight is 931 g/mol. The van der Waals surface area contributed by atoms with Crippen LogP contribution >= 0.6 is 23.2 Å². The topological polar surface area (TPSA) is 147 Å². The number of carbonyl (C=O) groups is 4. The molecule has 4 aromatic carbocycles. The quantitative estimate of drug-likeness (QED) is 0.102. The Labute approximate surface area is 391 Å². The average Bonchev–Trinajstić information content (AvgIpc) is 3.87. The van der Waals surface area contributed by atoms with E-state index in [2.05, 4.69) is 50.1 Å². The number of benzene rings is 4. The molecule has 1 aromatic heterocycles. The van der Waals surface area contributed by atoms with Gasteiger partial charge in [-0.1, -0.05) is 103 Å². The highest BCUT2D eigenvalue weighted by atomic mass is 35.5. The molecule has 1 unspecified atom stereocenters. The van der Waals surface area contributed by atoms with E-state index in [1.807, 2.05) is 36.4 Å². The van der Waals surface area contributed by atoms with Gasteiger partial charge in [-0.2, -0.15) is 0 Å². The minimum atomic E-state index is -1.30. The molecule has 15 heteroatoms. The van der Waals surface area contributed by atoms with E-state index in [1.165, 1.54) is 15.2 Å². The molecule has 4 fully saturated rings. The van der Waals surface area contributed by atoms with Gasteiger partial charge in [0.15, 0.2) is 0 Å². The van der Waals surface area contributed by atoms with Crippen molar-refractivity contribution in [1.82, 2.24) is 30.0 Å². The molecule has 4 aliphatic heterocycles. The summed E-state index contributed by atoms with van der Waals surface area (Å²) in [4.78, 5) is 69.4. The van der Waals surface area contributed by atoms with E-state index in [-0.39, 0.29) is 59.3 Å². The van der Waals surface area contributed by atoms with Gasteiger partial charge in [0.05, 0.1) is 27.7 Å². The van der Waals surface area contributed by atoms with E-state index < -0.39 is 40.7 Å². The molecule has 3 saturated heterocycles. The number of nitrogens with one attached hydrogen (secondary N) is 4. The number of amides is 4. The van der Waals surface area contributed by atoms with Crippen LogP contribution in [0.4, 0.5) is 10.1 Å². The Morgan fingerprint density at radius 3 is 2.39 bits per heavy atom. The maximum Gasteiger partial charge on any atom is 0.329 e. The van der Waals surface area contributed by atoms with Gasteiger partial charge in [0, 0.05) is 54.6 Å². The van der Waals surface area contributed by atoms with Gasteiger partial charge in [0.1, 0.15) is 17.3 Å². The first kappa shape index (κ1) is 44.1. The third kappa shape index (κ3) is 7.43. The molecule has 12 nitrogen and oxygen atoms in total.